The summed E-state index contributed by atoms with van der Waals surface area (Å²) in [6.07, 6.45) is -0.216. The number of amides is 1. The van der Waals surface area contributed by atoms with E-state index in [1.165, 1.54) is 0 Å². The van der Waals surface area contributed by atoms with Gasteiger partial charge >= 0.3 is 0 Å². The molecule has 0 saturated heterocycles. The highest BCUT2D eigenvalue weighted by atomic mass is 16.3. The van der Waals surface area contributed by atoms with Gasteiger partial charge in [0.15, 0.2) is 0 Å². The van der Waals surface area contributed by atoms with Gasteiger partial charge < -0.3 is 15.7 Å². The summed E-state index contributed by atoms with van der Waals surface area (Å²) in [5, 5.41) is 17.7. The van der Waals surface area contributed by atoms with Crippen LogP contribution in [-0.4, -0.2) is 29.7 Å². The van der Waals surface area contributed by atoms with Gasteiger partial charge in [-0.2, -0.15) is 0 Å². The fraction of sp³-hybridized carbons (Fsp3) is 0.194. The number of carbonyl (C=O) groups is 1. The molecule has 0 heterocycles. The highest BCUT2D eigenvalue weighted by Crippen LogP contribution is 2.25. The third-order valence-electron chi connectivity index (χ3n) is 6.14. The summed E-state index contributed by atoms with van der Waals surface area (Å²) in [7, 11) is 0. The van der Waals surface area contributed by atoms with Crippen LogP contribution in [0.4, 0.5) is 0 Å². The predicted octanol–water partition coefficient (Wildman–Crippen LogP) is 4.70. The summed E-state index contributed by atoms with van der Waals surface area (Å²) in [5.74, 6) is -0.578. The average molecular weight is 465 g/mol. The van der Waals surface area contributed by atoms with Crippen LogP contribution in [0.15, 0.2) is 121 Å². The maximum Gasteiger partial charge on any atom is 0.232 e. The first-order valence-corrected chi connectivity index (χ1v) is 12.1. The van der Waals surface area contributed by atoms with Crippen molar-refractivity contribution in [3.8, 4) is 0 Å². The van der Waals surface area contributed by atoms with E-state index >= 15 is 0 Å². The molecule has 0 aliphatic heterocycles. The second-order valence-corrected chi connectivity index (χ2v) is 8.74. The van der Waals surface area contributed by atoms with Crippen molar-refractivity contribution >= 4 is 5.91 Å². The molecule has 3 N–H and O–H groups in total. The number of nitrogens with one attached hydrogen (secondary N) is 2. The van der Waals surface area contributed by atoms with Crippen molar-refractivity contribution in [3.05, 3.63) is 144 Å². The van der Waals surface area contributed by atoms with Gasteiger partial charge in [-0.3, -0.25) is 4.79 Å². The van der Waals surface area contributed by atoms with Gasteiger partial charge in [0.25, 0.3) is 0 Å². The maximum atomic E-state index is 13.7. The Hall–Kier alpha value is -3.73. The number of benzene rings is 4. The molecule has 4 rings (SSSR count). The zero-order valence-electron chi connectivity index (χ0n) is 19.8. The first kappa shape index (κ1) is 24.4. The van der Waals surface area contributed by atoms with Crippen LogP contribution in [0, 0.1) is 0 Å². The fourth-order valence-electron chi connectivity index (χ4n) is 4.31. The lowest BCUT2D eigenvalue weighted by Crippen LogP contribution is -2.50. The Bertz CT molecular complexity index is 1110. The molecule has 0 aromatic heterocycles. The van der Waals surface area contributed by atoms with Gasteiger partial charge in [0.1, 0.15) is 0 Å². The molecule has 0 aliphatic carbocycles. The summed E-state index contributed by atoms with van der Waals surface area (Å²) in [6, 6.07) is 39.2. The molecule has 0 unspecified atom stereocenters. The minimum Gasteiger partial charge on any atom is -0.390 e. The molecule has 0 bridgehead atoms. The molecule has 4 nitrogen and oxygen atoms in total. The first-order valence-electron chi connectivity index (χ1n) is 12.1. The molecule has 0 spiro atoms. The Morgan fingerprint density at radius 1 is 0.657 bits per heavy atom. The average Bonchev–Trinajstić information content (AvgIpc) is 2.91. The topological polar surface area (TPSA) is 61.4 Å². The Morgan fingerprint density at radius 2 is 1.11 bits per heavy atom. The molecule has 178 valence electrons. The summed E-state index contributed by atoms with van der Waals surface area (Å²) in [6.45, 7) is 1.02. The van der Waals surface area contributed by atoms with E-state index in [0.717, 1.165) is 22.3 Å². The number of aliphatic hydroxyl groups is 1. The summed E-state index contributed by atoms with van der Waals surface area (Å²) in [4.78, 5) is 13.7. The molecule has 4 heteroatoms. The van der Waals surface area contributed by atoms with Crippen LogP contribution < -0.4 is 10.6 Å². The van der Waals surface area contributed by atoms with Crippen molar-refractivity contribution < 1.29 is 9.90 Å². The lowest BCUT2D eigenvalue weighted by molar-refractivity contribution is -0.123. The van der Waals surface area contributed by atoms with Gasteiger partial charge in [0.2, 0.25) is 5.91 Å². The van der Waals surface area contributed by atoms with E-state index in [4.69, 9.17) is 0 Å². The normalized spacial score (nSPS) is 12.7. The van der Waals surface area contributed by atoms with Crippen LogP contribution in [0.25, 0.3) is 0 Å². The lowest BCUT2D eigenvalue weighted by Gasteiger charge is -2.27. The zero-order valence-corrected chi connectivity index (χ0v) is 19.8. The van der Waals surface area contributed by atoms with Gasteiger partial charge in [-0.05, 0) is 28.7 Å². The minimum atomic E-state index is -0.755. The Balaban J connectivity index is 1.51. The van der Waals surface area contributed by atoms with Crippen LogP contribution in [0.2, 0.25) is 0 Å². The van der Waals surface area contributed by atoms with Crippen LogP contribution in [0.3, 0.4) is 0 Å². The van der Waals surface area contributed by atoms with E-state index in [1.807, 2.05) is 121 Å². The molecule has 0 saturated carbocycles. The third kappa shape index (κ3) is 7.12. The van der Waals surface area contributed by atoms with E-state index in [0.29, 0.717) is 19.5 Å². The van der Waals surface area contributed by atoms with Crippen LogP contribution in [-0.2, 0) is 17.8 Å². The molecule has 0 aliphatic rings. The first-order chi connectivity index (χ1) is 17.2. The molecule has 0 fully saturated rings. The van der Waals surface area contributed by atoms with Gasteiger partial charge in [-0.25, -0.2) is 0 Å². The minimum absolute atomic E-state index is 0.120. The van der Waals surface area contributed by atoms with E-state index in [1.54, 1.807) is 0 Å². The molecule has 35 heavy (non-hydrogen) atoms. The van der Waals surface area contributed by atoms with Crippen LogP contribution >= 0.6 is 0 Å². The van der Waals surface area contributed by atoms with Crippen molar-refractivity contribution in [2.45, 2.75) is 31.0 Å². The largest absolute Gasteiger partial charge is 0.390 e. The van der Waals surface area contributed by atoms with E-state index in [9.17, 15) is 9.90 Å². The Morgan fingerprint density at radius 3 is 1.63 bits per heavy atom. The standard InChI is InChI=1S/C31H32N2O2/c34-29(23-32-22-25-15-7-2-8-16-25)28(21-24-13-5-1-6-14-24)33-31(35)30(26-17-9-3-10-18-26)27-19-11-4-12-20-27/h1-20,28-30,32,34H,21-23H2,(H,33,35)/t28-,29-/m0/s1. The third-order valence-corrected chi connectivity index (χ3v) is 6.14. The van der Waals surface area contributed by atoms with Crippen LogP contribution in [0.1, 0.15) is 28.2 Å². The van der Waals surface area contributed by atoms with E-state index in [2.05, 4.69) is 10.6 Å². The van der Waals surface area contributed by atoms with Gasteiger partial charge in [0, 0.05) is 13.1 Å². The van der Waals surface area contributed by atoms with Gasteiger partial charge in [0.05, 0.1) is 18.1 Å². The number of aliphatic hydroxyl groups excluding tert-OH is 1. The zero-order chi connectivity index (χ0) is 24.3. The van der Waals surface area contributed by atoms with Crippen molar-refractivity contribution in [3.63, 3.8) is 0 Å². The summed E-state index contributed by atoms with van der Waals surface area (Å²) in [5.41, 5.74) is 4.06. The maximum absolute atomic E-state index is 13.7. The number of carbonyl (C=O) groups excluding carboxylic acids is 1. The second kappa shape index (κ2) is 12.7. The number of hydrogen-bond acceptors (Lipinski definition) is 3. The summed E-state index contributed by atoms with van der Waals surface area (Å²) < 4.78 is 0. The molecule has 2 atom stereocenters. The fourth-order valence-corrected chi connectivity index (χ4v) is 4.31. The second-order valence-electron chi connectivity index (χ2n) is 8.74. The molecule has 4 aromatic rings. The van der Waals surface area contributed by atoms with Crippen molar-refractivity contribution in [2.75, 3.05) is 6.54 Å². The SMILES string of the molecule is O=C(N[C@@H](Cc1ccccc1)[C@@H](O)CNCc1ccccc1)C(c1ccccc1)c1ccccc1. The highest BCUT2D eigenvalue weighted by Gasteiger charge is 2.28. The highest BCUT2D eigenvalue weighted by molar-refractivity contribution is 5.87. The van der Waals surface area contributed by atoms with Crippen molar-refractivity contribution in [1.82, 2.24) is 10.6 Å². The quantitative estimate of drug-likeness (QED) is 0.302. The van der Waals surface area contributed by atoms with Gasteiger partial charge in [-0.15, -0.1) is 0 Å². The predicted molar refractivity (Wildman–Crippen MR) is 141 cm³/mol. The van der Waals surface area contributed by atoms with E-state index in [-0.39, 0.29) is 5.91 Å². The van der Waals surface area contributed by atoms with Crippen molar-refractivity contribution in [2.24, 2.45) is 0 Å². The molecular weight excluding hydrogens is 432 g/mol. The lowest BCUT2D eigenvalue weighted by atomic mass is 9.89. The van der Waals surface area contributed by atoms with E-state index < -0.39 is 18.1 Å². The Labute approximate surface area is 207 Å². The molecule has 4 aromatic carbocycles. The van der Waals surface area contributed by atoms with Crippen LogP contribution in [0.5, 0.6) is 0 Å². The number of hydrogen-bond donors (Lipinski definition) is 3. The monoisotopic (exact) mass is 464 g/mol. The molecular formula is C31H32N2O2. The molecule has 0 radical (unpaired) electrons. The Kier molecular flexibility index (Phi) is 8.82. The number of rotatable bonds is 11. The summed E-state index contributed by atoms with van der Waals surface area (Å²) >= 11 is 0. The molecule has 1 amide bonds. The van der Waals surface area contributed by atoms with Gasteiger partial charge in [-0.1, -0.05) is 121 Å². The smallest absolute Gasteiger partial charge is 0.232 e. The van der Waals surface area contributed by atoms with Crippen molar-refractivity contribution in [1.29, 1.82) is 0 Å².